The summed E-state index contributed by atoms with van der Waals surface area (Å²) in [5.74, 6) is -0.876. The summed E-state index contributed by atoms with van der Waals surface area (Å²) in [4.78, 5) is 39.9. The van der Waals surface area contributed by atoms with Crippen LogP contribution in [-0.2, 0) is 9.53 Å². The number of hydrogen-bond donors (Lipinski definition) is 1. The fourth-order valence-corrected chi connectivity index (χ4v) is 2.19. The fourth-order valence-electron chi connectivity index (χ4n) is 2.19. The molecule has 0 aliphatic carbocycles. The van der Waals surface area contributed by atoms with Gasteiger partial charge in [0.15, 0.2) is 0 Å². The summed E-state index contributed by atoms with van der Waals surface area (Å²) in [6.07, 6.45) is 0. The molecule has 0 spiro atoms. The van der Waals surface area contributed by atoms with Gasteiger partial charge in [-0.15, -0.1) is 0 Å². The third-order valence-corrected chi connectivity index (χ3v) is 3.28. The molecule has 0 fully saturated rings. The lowest BCUT2D eigenvalue weighted by atomic mass is 10.1. The van der Waals surface area contributed by atoms with Crippen LogP contribution in [0.3, 0.4) is 0 Å². The molecule has 1 aromatic heterocycles. The van der Waals surface area contributed by atoms with E-state index >= 15 is 0 Å². The van der Waals surface area contributed by atoms with Crippen LogP contribution in [-0.4, -0.2) is 41.5 Å². The van der Waals surface area contributed by atoms with Crippen LogP contribution in [0.4, 0.5) is 0 Å². The number of nitrogens with one attached hydrogen (secondary N) is 1. The largest absolute Gasteiger partial charge is 0.465 e. The van der Waals surface area contributed by atoms with E-state index in [-0.39, 0.29) is 24.4 Å². The van der Waals surface area contributed by atoms with E-state index in [1.54, 1.807) is 44.2 Å². The zero-order valence-electron chi connectivity index (χ0n) is 12.6. The SMILES string of the molecule is CCOC(=O)CN(CC)C(=O)c1cc2ccccc2c(=O)[nH]1. The van der Waals surface area contributed by atoms with Crippen molar-refractivity contribution in [1.82, 2.24) is 9.88 Å². The Morgan fingerprint density at radius 2 is 1.95 bits per heavy atom. The molecule has 2 aromatic rings. The van der Waals surface area contributed by atoms with Gasteiger partial charge >= 0.3 is 5.97 Å². The van der Waals surface area contributed by atoms with E-state index in [1.165, 1.54) is 4.90 Å². The molecular formula is C16H18N2O4. The number of amides is 1. The molecule has 1 N–H and O–H groups in total. The summed E-state index contributed by atoms with van der Waals surface area (Å²) in [5, 5.41) is 1.20. The van der Waals surface area contributed by atoms with Gasteiger partial charge in [-0.25, -0.2) is 0 Å². The molecule has 0 unspecified atom stereocenters. The monoisotopic (exact) mass is 302 g/mol. The molecule has 116 valence electrons. The van der Waals surface area contributed by atoms with Crippen molar-refractivity contribution in [2.75, 3.05) is 19.7 Å². The minimum atomic E-state index is -0.471. The van der Waals surface area contributed by atoms with Gasteiger partial charge in [-0.1, -0.05) is 18.2 Å². The van der Waals surface area contributed by atoms with Gasteiger partial charge in [-0.05, 0) is 31.4 Å². The third-order valence-electron chi connectivity index (χ3n) is 3.28. The molecule has 0 saturated carbocycles. The average molecular weight is 302 g/mol. The standard InChI is InChI=1S/C16H18N2O4/c1-3-18(10-14(19)22-4-2)16(21)13-9-11-7-5-6-8-12(11)15(20)17-13/h5-9H,3-4,10H2,1-2H3,(H,17,20). The fraction of sp³-hybridized carbons (Fsp3) is 0.312. The van der Waals surface area contributed by atoms with E-state index in [2.05, 4.69) is 4.98 Å². The lowest BCUT2D eigenvalue weighted by Gasteiger charge is -2.19. The summed E-state index contributed by atoms with van der Waals surface area (Å²) < 4.78 is 4.85. The minimum Gasteiger partial charge on any atom is -0.465 e. The number of hydrogen-bond acceptors (Lipinski definition) is 4. The summed E-state index contributed by atoms with van der Waals surface area (Å²) in [6.45, 7) is 3.93. The topological polar surface area (TPSA) is 79.5 Å². The van der Waals surface area contributed by atoms with Crippen LogP contribution < -0.4 is 5.56 Å². The average Bonchev–Trinajstić information content (AvgIpc) is 2.52. The van der Waals surface area contributed by atoms with Crippen molar-refractivity contribution >= 4 is 22.6 Å². The zero-order valence-corrected chi connectivity index (χ0v) is 12.6. The van der Waals surface area contributed by atoms with Crippen LogP contribution in [0.25, 0.3) is 10.8 Å². The predicted molar refractivity (Wildman–Crippen MR) is 82.8 cm³/mol. The Morgan fingerprint density at radius 3 is 2.64 bits per heavy atom. The molecule has 1 aromatic carbocycles. The number of aromatic nitrogens is 1. The number of ether oxygens (including phenoxy) is 1. The Kier molecular flexibility index (Phi) is 4.93. The Morgan fingerprint density at radius 1 is 1.23 bits per heavy atom. The van der Waals surface area contributed by atoms with Gasteiger partial charge in [0.05, 0.1) is 6.61 Å². The van der Waals surface area contributed by atoms with Crippen molar-refractivity contribution in [2.24, 2.45) is 0 Å². The minimum absolute atomic E-state index is 0.141. The predicted octanol–water partition coefficient (Wildman–Crippen LogP) is 1.55. The van der Waals surface area contributed by atoms with E-state index in [4.69, 9.17) is 4.74 Å². The second-order valence-corrected chi connectivity index (χ2v) is 4.72. The second-order valence-electron chi connectivity index (χ2n) is 4.72. The highest BCUT2D eigenvalue weighted by Gasteiger charge is 2.19. The molecule has 0 radical (unpaired) electrons. The van der Waals surface area contributed by atoms with Crippen molar-refractivity contribution in [3.05, 3.63) is 46.4 Å². The van der Waals surface area contributed by atoms with Crippen molar-refractivity contribution in [3.63, 3.8) is 0 Å². The molecule has 6 heteroatoms. The van der Waals surface area contributed by atoms with Crippen molar-refractivity contribution in [2.45, 2.75) is 13.8 Å². The third kappa shape index (κ3) is 3.33. The lowest BCUT2D eigenvalue weighted by molar-refractivity contribution is -0.143. The van der Waals surface area contributed by atoms with E-state index < -0.39 is 11.9 Å². The zero-order chi connectivity index (χ0) is 16.1. The van der Waals surface area contributed by atoms with Crippen LogP contribution in [0.5, 0.6) is 0 Å². The molecule has 0 atom stereocenters. The Bertz CT molecular complexity index is 751. The number of likely N-dealkylation sites (N-methyl/N-ethyl adjacent to an activating group) is 1. The smallest absolute Gasteiger partial charge is 0.325 e. The highest BCUT2D eigenvalue weighted by Crippen LogP contribution is 2.11. The number of aromatic amines is 1. The van der Waals surface area contributed by atoms with Gasteiger partial charge in [0.1, 0.15) is 12.2 Å². The van der Waals surface area contributed by atoms with Crippen LogP contribution in [0.2, 0.25) is 0 Å². The number of rotatable bonds is 5. The van der Waals surface area contributed by atoms with E-state index in [1.807, 2.05) is 0 Å². The number of nitrogens with zero attached hydrogens (tertiary/aromatic N) is 1. The molecule has 0 aliphatic heterocycles. The summed E-state index contributed by atoms with van der Waals surface area (Å²) in [5.41, 5.74) is -0.163. The molecule has 2 rings (SSSR count). The van der Waals surface area contributed by atoms with E-state index in [0.717, 1.165) is 0 Å². The summed E-state index contributed by atoms with van der Waals surface area (Å²) in [7, 11) is 0. The Balaban J connectivity index is 2.31. The van der Waals surface area contributed by atoms with Crippen LogP contribution >= 0.6 is 0 Å². The molecule has 6 nitrogen and oxygen atoms in total. The lowest BCUT2D eigenvalue weighted by Crippen LogP contribution is -2.37. The molecule has 1 heterocycles. The van der Waals surface area contributed by atoms with E-state index in [0.29, 0.717) is 17.3 Å². The maximum absolute atomic E-state index is 12.5. The van der Waals surface area contributed by atoms with E-state index in [9.17, 15) is 14.4 Å². The van der Waals surface area contributed by atoms with Gasteiger partial charge in [0, 0.05) is 11.9 Å². The first-order valence-electron chi connectivity index (χ1n) is 7.13. The maximum Gasteiger partial charge on any atom is 0.325 e. The van der Waals surface area contributed by atoms with Gasteiger partial charge in [0.2, 0.25) is 0 Å². The van der Waals surface area contributed by atoms with Crippen LogP contribution in [0, 0.1) is 0 Å². The first-order valence-corrected chi connectivity index (χ1v) is 7.13. The van der Waals surface area contributed by atoms with Crippen molar-refractivity contribution < 1.29 is 14.3 Å². The number of benzene rings is 1. The highest BCUT2D eigenvalue weighted by molar-refractivity contribution is 5.97. The summed E-state index contributed by atoms with van der Waals surface area (Å²) in [6, 6.07) is 8.64. The Labute approximate surface area is 127 Å². The van der Waals surface area contributed by atoms with Gasteiger partial charge in [-0.2, -0.15) is 0 Å². The second kappa shape index (κ2) is 6.89. The van der Waals surface area contributed by atoms with Gasteiger partial charge < -0.3 is 14.6 Å². The highest BCUT2D eigenvalue weighted by atomic mass is 16.5. The molecule has 22 heavy (non-hydrogen) atoms. The summed E-state index contributed by atoms with van der Waals surface area (Å²) >= 11 is 0. The first kappa shape index (κ1) is 15.8. The van der Waals surface area contributed by atoms with Gasteiger partial charge in [0.25, 0.3) is 11.5 Å². The molecular weight excluding hydrogens is 284 g/mol. The maximum atomic E-state index is 12.5. The Hall–Kier alpha value is -2.63. The quantitative estimate of drug-likeness (QED) is 0.850. The van der Waals surface area contributed by atoms with Crippen LogP contribution in [0.1, 0.15) is 24.3 Å². The number of esters is 1. The number of pyridine rings is 1. The van der Waals surface area contributed by atoms with Crippen molar-refractivity contribution in [1.29, 1.82) is 0 Å². The molecule has 0 bridgehead atoms. The molecule has 1 amide bonds. The normalized spacial score (nSPS) is 10.5. The molecule has 0 aliphatic rings. The number of carbonyl (C=O) groups excluding carboxylic acids is 2. The van der Waals surface area contributed by atoms with Gasteiger partial charge in [-0.3, -0.25) is 14.4 Å². The van der Waals surface area contributed by atoms with Crippen LogP contribution in [0.15, 0.2) is 35.1 Å². The number of fused-ring (bicyclic) bond motifs is 1. The first-order chi connectivity index (χ1) is 10.6. The number of H-pyrrole nitrogens is 1. The molecule has 0 saturated heterocycles. The van der Waals surface area contributed by atoms with Crippen molar-refractivity contribution in [3.8, 4) is 0 Å². The number of carbonyl (C=O) groups is 2.